The van der Waals surface area contributed by atoms with Gasteiger partial charge >= 0.3 is 0 Å². The van der Waals surface area contributed by atoms with E-state index in [9.17, 15) is 4.79 Å². The molecule has 0 radical (unpaired) electrons. The molecule has 2 atom stereocenters. The molecule has 1 saturated carbocycles. The van der Waals surface area contributed by atoms with Gasteiger partial charge < -0.3 is 10.5 Å². The fourth-order valence-corrected chi connectivity index (χ4v) is 1.18. The Labute approximate surface area is 66.2 Å². The lowest BCUT2D eigenvalue weighted by Gasteiger charge is -2.06. The number of nitrogens with two attached hydrogens (primary N) is 1. The minimum atomic E-state index is -0.655. The molecule has 1 fully saturated rings. The van der Waals surface area contributed by atoms with Crippen LogP contribution in [0.3, 0.4) is 0 Å². The molecule has 11 heavy (non-hydrogen) atoms. The number of methoxy groups -OCH3 is 1. The van der Waals surface area contributed by atoms with Gasteiger partial charge in [0.05, 0.1) is 5.54 Å². The largest absolute Gasteiger partial charge is 0.377 e. The van der Waals surface area contributed by atoms with E-state index in [1.165, 1.54) is 7.11 Å². The third kappa shape index (κ3) is 1.34. The van der Waals surface area contributed by atoms with Crippen molar-refractivity contribution in [1.29, 1.82) is 0 Å². The van der Waals surface area contributed by atoms with Gasteiger partial charge in [0, 0.05) is 13.0 Å². The van der Waals surface area contributed by atoms with Gasteiger partial charge in [0.25, 0.3) is 0 Å². The zero-order valence-corrected chi connectivity index (χ0v) is 6.67. The summed E-state index contributed by atoms with van der Waals surface area (Å²) in [4.78, 5) is 11.2. The van der Waals surface area contributed by atoms with Crippen molar-refractivity contribution in [3.8, 4) is 0 Å². The Morgan fingerprint density at radius 1 is 2.00 bits per heavy atom. The highest BCUT2D eigenvalue weighted by molar-refractivity contribution is 5.93. The van der Waals surface area contributed by atoms with Crippen LogP contribution in [0.5, 0.6) is 0 Å². The van der Waals surface area contributed by atoms with Crippen LogP contribution in [0.25, 0.3) is 0 Å². The lowest BCUT2D eigenvalue weighted by Crippen LogP contribution is -2.37. The van der Waals surface area contributed by atoms with Crippen LogP contribution in [0, 0.1) is 5.92 Å². The molecular weight excluding hydrogens is 142 g/mol. The predicted octanol–water partition coefficient (Wildman–Crippen LogP) is 0.105. The lowest BCUT2D eigenvalue weighted by atomic mass is 10.1. The Hall–Kier alpha value is -0.670. The molecule has 0 aliphatic heterocycles. The molecule has 0 aromatic carbocycles. The van der Waals surface area contributed by atoms with Gasteiger partial charge in [-0.05, 0) is 6.42 Å². The molecule has 0 bridgehead atoms. The molecule has 3 heteroatoms. The lowest BCUT2D eigenvalue weighted by molar-refractivity contribution is -0.125. The molecule has 2 N–H and O–H groups in total. The maximum Gasteiger partial charge on any atom is 0.178 e. The number of ketones is 1. The van der Waals surface area contributed by atoms with E-state index < -0.39 is 5.54 Å². The van der Waals surface area contributed by atoms with Crippen LogP contribution in [-0.2, 0) is 9.53 Å². The monoisotopic (exact) mass is 155 g/mol. The third-order valence-corrected chi connectivity index (χ3v) is 2.14. The molecule has 62 valence electrons. The quantitative estimate of drug-likeness (QED) is 0.586. The van der Waals surface area contributed by atoms with Crippen LogP contribution in [-0.4, -0.2) is 25.0 Å². The minimum absolute atomic E-state index is 0.0232. The molecule has 0 heterocycles. The molecule has 0 amide bonds. The molecule has 2 unspecified atom stereocenters. The standard InChI is InChI=1S/C8H13NO2/c1-3-6-4-8(6,9)7(10)5-11-2/h3,6H,1,4-5,9H2,2H3. The predicted molar refractivity (Wildman–Crippen MR) is 42.1 cm³/mol. The molecule has 3 nitrogen and oxygen atoms in total. The van der Waals surface area contributed by atoms with Gasteiger partial charge in [-0.1, -0.05) is 6.08 Å². The van der Waals surface area contributed by atoms with Crippen LogP contribution in [0.2, 0.25) is 0 Å². The van der Waals surface area contributed by atoms with E-state index in [0.717, 1.165) is 6.42 Å². The zero-order valence-electron chi connectivity index (χ0n) is 6.67. The fraction of sp³-hybridized carbons (Fsp3) is 0.625. The van der Waals surface area contributed by atoms with Gasteiger partial charge in [-0.2, -0.15) is 0 Å². The van der Waals surface area contributed by atoms with E-state index in [1.54, 1.807) is 6.08 Å². The van der Waals surface area contributed by atoms with Crippen molar-refractivity contribution in [2.45, 2.75) is 12.0 Å². The first-order chi connectivity index (χ1) is 5.15. The Balaban J connectivity index is 2.49. The van der Waals surface area contributed by atoms with Gasteiger partial charge in [-0.3, -0.25) is 4.79 Å². The summed E-state index contributed by atoms with van der Waals surface area (Å²) < 4.78 is 4.70. The van der Waals surface area contributed by atoms with E-state index >= 15 is 0 Å². The molecule has 1 aliphatic carbocycles. The average Bonchev–Trinajstić information content (AvgIpc) is 2.64. The van der Waals surface area contributed by atoms with Gasteiger partial charge in [-0.15, -0.1) is 6.58 Å². The summed E-state index contributed by atoms with van der Waals surface area (Å²) in [6.45, 7) is 3.70. The van der Waals surface area contributed by atoms with E-state index in [2.05, 4.69) is 6.58 Å². The van der Waals surface area contributed by atoms with E-state index in [-0.39, 0.29) is 18.3 Å². The normalized spacial score (nSPS) is 34.9. The third-order valence-electron chi connectivity index (χ3n) is 2.14. The number of rotatable bonds is 4. The highest BCUT2D eigenvalue weighted by Crippen LogP contribution is 2.42. The second-order valence-electron chi connectivity index (χ2n) is 2.94. The maximum atomic E-state index is 11.2. The molecule has 0 aromatic heterocycles. The zero-order chi connectivity index (χ0) is 8.48. The highest BCUT2D eigenvalue weighted by atomic mass is 16.5. The van der Waals surface area contributed by atoms with Crippen molar-refractivity contribution in [1.82, 2.24) is 0 Å². The topological polar surface area (TPSA) is 52.3 Å². The number of carbonyl (C=O) groups is 1. The van der Waals surface area contributed by atoms with E-state index in [4.69, 9.17) is 10.5 Å². The Morgan fingerprint density at radius 2 is 2.64 bits per heavy atom. The van der Waals surface area contributed by atoms with Crippen molar-refractivity contribution in [2.75, 3.05) is 13.7 Å². The van der Waals surface area contributed by atoms with Crippen molar-refractivity contribution in [3.63, 3.8) is 0 Å². The molecule has 0 saturated heterocycles. The number of hydrogen-bond donors (Lipinski definition) is 1. The minimum Gasteiger partial charge on any atom is -0.377 e. The number of carbonyl (C=O) groups excluding carboxylic acids is 1. The molecular formula is C8H13NO2. The summed E-state index contributed by atoms with van der Waals surface area (Å²) in [5, 5.41) is 0. The smallest absolute Gasteiger partial charge is 0.178 e. The van der Waals surface area contributed by atoms with Crippen LogP contribution < -0.4 is 5.73 Å². The van der Waals surface area contributed by atoms with Crippen LogP contribution in [0.1, 0.15) is 6.42 Å². The number of Topliss-reactive ketones (excluding diaryl/α,β-unsaturated/α-hetero) is 1. The SMILES string of the molecule is C=CC1CC1(N)C(=O)COC. The van der Waals surface area contributed by atoms with Crippen LogP contribution in [0.4, 0.5) is 0 Å². The van der Waals surface area contributed by atoms with Gasteiger partial charge in [0.15, 0.2) is 5.78 Å². The van der Waals surface area contributed by atoms with Crippen molar-refractivity contribution >= 4 is 5.78 Å². The Bertz CT molecular complexity index is 191. The van der Waals surface area contributed by atoms with Crippen molar-refractivity contribution < 1.29 is 9.53 Å². The molecule has 0 aromatic rings. The van der Waals surface area contributed by atoms with Gasteiger partial charge in [0.2, 0.25) is 0 Å². The van der Waals surface area contributed by atoms with Crippen LogP contribution >= 0.6 is 0 Å². The first-order valence-corrected chi connectivity index (χ1v) is 3.59. The Morgan fingerprint density at radius 3 is 3.00 bits per heavy atom. The van der Waals surface area contributed by atoms with E-state index in [1.807, 2.05) is 0 Å². The fourth-order valence-electron chi connectivity index (χ4n) is 1.18. The van der Waals surface area contributed by atoms with Gasteiger partial charge in [0.1, 0.15) is 6.61 Å². The summed E-state index contributed by atoms with van der Waals surface area (Å²) in [6.07, 6.45) is 2.45. The van der Waals surface area contributed by atoms with Crippen LogP contribution in [0.15, 0.2) is 12.7 Å². The molecule has 1 rings (SSSR count). The second-order valence-corrected chi connectivity index (χ2v) is 2.94. The molecule has 1 aliphatic rings. The summed E-state index contributed by atoms with van der Waals surface area (Å²) in [6, 6.07) is 0. The van der Waals surface area contributed by atoms with Crippen molar-refractivity contribution in [2.24, 2.45) is 11.7 Å². The average molecular weight is 155 g/mol. The molecule has 0 spiro atoms. The van der Waals surface area contributed by atoms with Crippen molar-refractivity contribution in [3.05, 3.63) is 12.7 Å². The Kier molecular flexibility index (Phi) is 2.11. The second kappa shape index (κ2) is 2.75. The van der Waals surface area contributed by atoms with Gasteiger partial charge in [-0.25, -0.2) is 0 Å². The highest BCUT2D eigenvalue weighted by Gasteiger charge is 2.54. The first-order valence-electron chi connectivity index (χ1n) is 3.59. The maximum absolute atomic E-state index is 11.2. The van der Waals surface area contributed by atoms with E-state index in [0.29, 0.717) is 0 Å². The summed E-state index contributed by atoms with van der Waals surface area (Å²) in [5.74, 6) is 0.134. The summed E-state index contributed by atoms with van der Waals surface area (Å²) in [7, 11) is 1.49. The number of ether oxygens (including phenoxy) is 1. The summed E-state index contributed by atoms with van der Waals surface area (Å²) in [5.41, 5.74) is 5.08. The first kappa shape index (κ1) is 8.43. The summed E-state index contributed by atoms with van der Waals surface area (Å²) >= 11 is 0. The number of hydrogen-bond acceptors (Lipinski definition) is 3.